The number of anilines is 1. The highest BCUT2D eigenvalue weighted by atomic mass is 32.2. The lowest BCUT2D eigenvalue weighted by atomic mass is 10.1. The maximum absolute atomic E-state index is 14.0. The Balaban J connectivity index is 1.17. The fraction of sp³-hybridized carbons (Fsp3) is 0.297. The second-order valence-corrected chi connectivity index (χ2v) is 13.9. The SMILES string of the molecule is CCN1CCCC1CNC(=O)C1CN(C(=O)Nc2ccc(Oc3ccccc3)cc2)CCN1S(=O)(=O)c1ccc(-c2ccccc2)cc1. The molecule has 10 nitrogen and oxygen atoms in total. The van der Waals surface area contributed by atoms with Crippen LogP contribution < -0.4 is 15.4 Å². The summed E-state index contributed by atoms with van der Waals surface area (Å²) in [4.78, 5) is 31.1. The molecule has 11 heteroatoms. The molecule has 2 N–H and O–H groups in total. The molecular weight excluding hydrogens is 627 g/mol. The van der Waals surface area contributed by atoms with Gasteiger partial charge in [-0.15, -0.1) is 0 Å². The van der Waals surface area contributed by atoms with Crippen LogP contribution in [0.1, 0.15) is 19.8 Å². The van der Waals surface area contributed by atoms with Crippen LogP contribution in [-0.2, 0) is 14.8 Å². The van der Waals surface area contributed by atoms with Crippen LogP contribution in [-0.4, -0.2) is 85.8 Å². The molecular formula is C37H41N5O5S. The Morgan fingerprint density at radius 2 is 1.44 bits per heavy atom. The second kappa shape index (κ2) is 15.0. The van der Waals surface area contributed by atoms with Crippen LogP contribution in [0.25, 0.3) is 11.1 Å². The van der Waals surface area contributed by atoms with Crippen molar-refractivity contribution < 1.29 is 22.7 Å². The Labute approximate surface area is 282 Å². The maximum atomic E-state index is 14.0. The number of rotatable bonds is 10. The quantitative estimate of drug-likeness (QED) is 0.226. The number of hydrogen-bond acceptors (Lipinski definition) is 6. The van der Waals surface area contributed by atoms with E-state index in [1.807, 2.05) is 60.7 Å². The number of carbonyl (C=O) groups is 2. The zero-order valence-corrected chi connectivity index (χ0v) is 27.8. The zero-order chi connectivity index (χ0) is 33.5. The van der Waals surface area contributed by atoms with Gasteiger partial charge in [-0.1, -0.05) is 67.6 Å². The van der Waals surface area contributed by atoms with Gasteiger partial charge in [-0.25, -0.2) is 13.2 Å². The van der Waals surface area contributed by atoms with Crippen LogP contribution in [0.4, 0.5) is 10.5 Å². The molecule has 4 aromatic rings. The van der Waals surface area contributed by atoms with Gasteiger partial charge in [-0.05, 0) is 85.6 Å². The summed E-state index contributed by atoms with van der Waals surface area (Å²) in [5, 5.41) is 5.90. The number of likely N-dealkylation sites (N-methyl/N-ethyl adjacent to an activating group) is 1. The summed E-state index contributed by atoms with van der Waals surface area (Å²) in [6, 6.07) is 31.5. The highest BCUT2D eigenvalue weighted by molar-refractivity contribution is 7.89. The van der Waals surface area contributed by atoms with Crippen molar-refractivity contribution in [2.24, 2.45) is 0 Å². The third kappa shape index (κ3) is 7.70. The van der Waals surface area contributed by atoms with Gasteiger partial charge >= 0.3 is 6.03 Å². The molecule has 0 radical (unpaired) electrons. The molecule has 0 spiro atoms. The van der Waals surface area contributed by atoms with Gasteiger partial charge in [-0.2, -0.15) is 4.31 Å². The molecule has 2 aliphatic rings. The molecule has 0 aliphatic carbocycles. The fourth-order valence-electron chi connectivity index (χ4n) is 6.35. The third-order valence-corrected chi connectivity index (χ3v) is 10.9. The Morgan fingerprint density at radius 3 is 2.12 bits per heavy atom. The molecule has 2 unspecified atom stereocenters. The molecule has 0 bridgehead atoms. The van der Waals surface area contributed by atoms with E-state index in [-0.39, 0.29) is 30.6 Å². The van der Waals surface area contributed by atoms with E-state index in [0.29, 0.717) is 23.7 Å². The first kappa shape index (κ1) is 33.2. The Hall–Kier alpha value is -4.71. The number of nitrogens with zero attached hydrogens (tertiary/aromatic N) is 3. The summed E-state index contributed by atoms with van der Waals surface area (Å²) in [6.45, 7) is 4.40. The molecule has 2 atom stereocenters. The van der Waals surface area contributed by atoms with Crippen LogP contribution >= 0.6 is 0 Å². The third-order valence-electron chi connectivity index (χ3n) is 8.99. The van der Waals surface area contributed by atoms with Gasteiger partial charge < -0.3 is 20.3 Å². The van der Waals surface area contributed by atoms with Crippen molar-refractivity contribution in [3.05, 3.63) is 109 Å². The molecule has 6 rings (SSSR count). The van der Waals surface area contributed by atoms with Gasteiger partial charge in [0.05, 0.1) is 4.90 Å². The molecule has 4 aromatic carbocycles. The van der Waals surface area contributed by atoms with Crippen molar-refractivity contribution in [2.45, 2.75) is 36.7 Å². The van der Waals surface area contributed by atoms with Crippen LogP contribution in [0.3, 0.4) is 0 Å². The Kier molecular flexibility index (Phi) is 10.4. The van der Waals surface area contributed by atoms with E-state index in [1.165, 1.54) is 9.21 Å². The molecule has 2 heterocycles. The van der Waals surface area contributed by atoms with E-state index in [9.17, 15) is 18.0 Å². The minimum atomic E-state index is -4.06. The first-order valence-corrected chi connectivity index (χ1v) is 17.8. The number of urea groups is 1. The minimum Gasteiger partial charge on any atom is -0.457 e. The molecule has 3 amide bonds. The predicted octanol–water partition coefficient (Wildman–Crippen LogP) is 5.65. The highest BCUT2D eigenvalue weighted by Gasteiger charge is 2.41. The number of likely N-dealkylation sites (tertiary alicyclic amines) is 1. The summed E-state index contributed by atoms with van der Waals surface area (Å²) < 4.78 is 35.2. The normalized spacial score (nSPS) is 18.7. The number of benzene rings is 4. The van der Waals surface area contributed by atoms with Gasteiger partial charge in [0.1, 0.15) is 17.5 Å². The number of carbonyl (C=O) groups excluding carboxylic acids is 2. The summed E-state index contributed by atoms with van der Waals surface area (Å²) in [5.74, 6) is 0.909. The first-order valence-electron chi connectivity index (χ1n) is 16.4. The van der Waals surface area contributed by atoms with Crippen molar-refractivity contribution in [3.63, 3.8) is 0 Å². The average Bonchev–Trinajstić information content (AvgIpc) is 3.60. The number of sulfonamides is 1. The summed E-state index contributed by atoms with van der Waals surface area (Å²) in [7, 11) is -4.06. The van der Waals surface area contributed by atoms with Gasteiger partial charge in [0.2, 0.25) is 15.9 Å². The van der Waals surface area contributed by atoms with Crippen LogP contribution in [0, 0.1) is 0 Å². The van der Waals surface area contributed by atoms with Gasteiger partial charge in [0.15, 0.2) is 0 Å². The maximum Gasteiger partial charge on any atom is 0.321 e. The molecule has 48 heavy (non-hydrogen) atoms. The molecule has 250 valence electrons. The average molecular weight is 668 g/mol. The standard InChI is InChI=1S/C37H41N5O5S/c1-2-40-23-9-12-31(40)26-38-36(43)35-27-41(37(44)39-30-17-19-33(20-18-30)47-32-13-7-4-8-14-32)24-25-42(35)48(45,46)34-21-15-29(16-22-34)28-10-5-3-6-11-28/h3-8,10-11,13-22,31,35H,2,9,12,23-27H2,1H3,(H,38,43)(H,39,44). The lowest BCUT2D eigenvalue weighted by Gasteiger charge is -2.39. The van der Waals surface area contributed by atoms with Gasteiger partial charge in [0, 0.05) is 37.9 Å². The largest absolute Gasteiger partial charge is 0.457 e. The topological polar surface area (TPSA) is 111 Å². The molecule has 2 saturated heterocycles. The summed E-state index contributed by atoms with van der Waals surface area (Å²) in [6.07, 6.45) is 2.03. The number of piperazine rings is 1. The first-order chi connectivity index (χ1) is 23.3. The molecule has 0 saturated carbocycles. The fourth-order valence-corrected chi connectivity index (χ4v) is 7.92. The van der Waals surface area contributed by atoms with Gasteiger partial charge in [-0.3, -0.25) is 9.69 Å². The van der Waals surface area contributed by atoms with E-state index in [2.05, 4.69) is 22.5 Å². The minimum absolute atomic E-state index is 0.0252. The molecule has 0 aromatic heterocycles. The van der Waals surface area contributed by atoms with E-state index in [1.54, 1.807) is 48.5 Å². The van der Waals surface area contributed by atoms with E-state index >= 15 is 0 Å². The van der Waals surface area contributed by atoms with Crippen molar-refractivity contribution in [2.75, 3.05) is 44.6 Å². The number of para-hydroxylation sites is 1. The predicted molar refractivity (Wildman–Crippen MR) is 186 cm³/mol. The van der Waals surface area contributed by atoms with E-state index in [0.717, 1.165) is 37.1 Å². The van der Waals surface area contributed by atoms with E-state index in [4.69, 9.17) is 4.74 Å². The summed E-state index contributed by atoms with van der Waals surface area (Å²) >= 11 is 0. The van der Waals surface area contributed by atoms with Gasteiger partial charge in [0.25, 0.3) is 0 Å². The Morgan fingerprint density at radius 1 is 0.792 bits per heavy atom. The van der Waals surface area contributed by atoms with Crippen LogP contribution in [0.2, 0.25) is 0 Å². The number of amides is 3. The van der Waals surface area contributed by atoms with Crippen LogP contribution in [0.15, 0.2) is 114 Å². The van der Waals surface area contributed by atoms with Crippen molar-refractivity contribution in [3.8, 4) is 22.6 Å². The smallest absolute Gasteiger partial charge is 0.321 e. The monoisotopic (exact) mass is 667 g/mol. The van der Waals surface area contributed by atoms with E-state index < -0.39 is 28.0 Å². The zero-order valence-electron chi connectivity index (χ0n) is 27.0. The highest BCUT2D eigenvalue weighted by Crippen LogP contribution is 2.27. The lowest BCUT2D eigenvalue weighted by molar-refractivity contribution is -0.126. The number of hydrogen-bond donors (Lipinski definition) is 2. The van der Waals surface area contributed by atoms with Crippen LogP contribution in [0.5, 0.6) is 11.5 Å². The number of nitrogens with one attached hydrogen (secondary N) is 2. The second-order valence-electron chi connectivity index (χ2n) is 12.0. The molecule has 2 fully saturated rings. The lowest BCUT2D eigenvalue weighted by Crippen LogP contribution is -2.62. The summed E-state index contributed by atoms with van der Waals surface area (Å²) in [5.41, 5.74) is 2.42. The van der Waals surface area contributed by atoms with Crippen molar-refractivity contribution in [1.82, 2.24) is 19.4 Å². The Bertz CT molecular complexity index is 1790. The number of ether oxygens (including phenoxy) is 1. The van der Waals surface area contributed by atoms with Crippen molar-refractivity contribution in [1.29, 1.82) is 0 Å². The van der Waals surface area contributed by atoms with Crippen molar-refractivity contribution >= 4 is 27.6 Å². The molecule has 2 aliphatic heterocycles.